The summed E-state index contributed by atoms with van der Waals surface area (Å²) in [6.07, 6.45) is 7.26. The van der Waals surface area contributed by atoms with E-state index in [1.807, 2.05) is 11.7 Å². The average Bonchev–Trinajstić information content (AvgIpc) is 2.83. The highest BCUT2D eigenvalue weighted by atomic mass is 32.1. The van der Waals surface area contributed by atoms with E-state index in [4.69, 9.17) is 0 Å². The van der Waals surface area contributed by atoms with Gasteiger partial charge < -0.3 is 5.32 Å². The molecule has 0 spiro atoms. The van der Waals surface area contributed by atoms with Crippen LogP contribution in [0.5, 0.6) is 0 Å². The second-order valence-corrected chi connectivity index (χ2v) is 5.27. The molecule has 0 aromatic carbocycles. The quantitative estimate of drug-likeness (QED) is 0.780. The Balaban J connectivity index is 1.60. The van der Waals surface area contributed by atoms with Crippen molar-refractivity contribution in [1.29, 1.82) is 0 Å². The third-order valence-electron chi connectivity index (χ3n) is 2.68. The molecule has 1 aromatic rings. The van der Waals surface area contributed by atoms with Gasteiger partial charge in [0.25, 0.3) is 0 Å². The van der Waals surface area contributed by atoms with Crippen LogP contribution in [0.25, 0.3) is 0 Å². The van der Waals surface area contributed by atoms with Crippen LogP contribution < -0.4 is 5.32 Å². The fraction of sp³-hybridized carbons (Fsp3) is 0.727. The Hall–Kier alpha value is -0.410. The first-order valence-electron chi connectivity index (χ1n) is 5.45. The molecule has 1 unspecified atom stereocenters. The first-order chi connectivity index (χ1) is 6.84. The number of nitrogens with one attached hydrogen (secondary N) is 1. The third-order valence-corrected chi connectivity index (χ3v) is 3.48. The summed E-state index contributed by atoms with van der Waals surface area (Å²) >= 11 is 1.77. The number of hydrogen-bond donors (Lipinski definition) is 1. The maximum atomic E-state index is 4.10. The lowest BCUT2D eigenvalue weighted by molar-refractivity contribution is 0.500. The molecule has 1 N–H and O–H groups in total. The molecule has 1 aliphatic carbocycles. The van der Waals surface area contributed by atoms with Gasteiger partial charge in [-0.3, -0.25) is 4.98 Å². The van der Waals surface area contributed by atoms with E-state index >= 15 is 0 Å². The van der Waals surface area contributed by atoms with Gasteiger partial charge in [-0.15, -0.1) is 11.3 Å². The molecule has 3 heteroatoms. The fourth-order valence-electron chi connectivity index (χ4n) is 1.61. The Kier molecular flexibility index (Phi) is 3.54. The maximum Gasteiger partial charge on any atom is 0.0794 e. The highest BCUT2D eigenvalue weighted by Crippen LogP contribution is 2.19. The molecule has 1 aromatic heterocycles. The Labute approximate surface area is 89.8 Å². The van der Waals surface area contributed by atoms with Crippen molar-refractivity contribution in [1.82, 2.24) is 10.3 Å². The van der Waals surface area contributed by atoms with E-state index in [-0.39, 0.29) is 0 Å². The second-order valence-electron chi connectivity index (χ2n) is 4.29. The van der Waals surface area contributed by atoms with Crippen LogP contribution in [0.1, 0.15) is 31.1 Å². The summed E-state index contributed by atoms with van der Waals surface area (Å²) in [6, 6.07) is 0.852. The van der Waals surface area contributed by atoms with Crippen LogP contribution >= 0.6 is 11.3 Å². The van der Waals surface area contributed by atoms with Crippen molar-refractivity contribution >= 4 is 11.3 Å². The molecule has 1 atom stereocenters. The maximum absolute atomic E-state index is 4.10. The minimum Gasteiger partial charge on any atom is -0.314 e. The summed E-state index contributed by atoms with van der Waals surface area (Å²) in [7, 11) is 0. The van der Waals surface area contributed by atoms with Crippen molar-refractivity contribution in [3.05, 3.63) is 16.6 Å². The Morgan fingerprint density at radius 2 is 2.50 bits per heavy atom. The Bertz CT molecular complexity index is 254. The smallest absolute Gasteiger partial charge is 0.0794 e. The summed E-state index contributed by atoms with van der Waals surface area (Å²) in [5.74, 6) is 0.779. The topological polar surface area (TPSA) is 24.9 Å². The van der Waals surface area contributed by atoms with Gasteiger partial charge in [0.1, 0.15) is 0 Å². The number of aromatic nitrogens is 1. The van der Waals surface area contributed by atoms with Crippen LogP contribution in [0.2, 0.25) is 0 Å². The van der Waals surface area contributed by atoms with Gasteiger partial charge in [-0.1, -0.05) is 6.92 Å². The van der Waals surface area contributed by atoms with Crippen LogP contribution in [0, 0.1) is 5.92 Å². The van der Waals surface area contributed by atoms with Gasteiger partial charge in [-0.05, 0) is 38.1 Å². The van der Waals surface area contributed by atoms with Gasteiger partial charge in [0.15, 0.2) is 0 Å². The highest BCUT2D eigenvalue weighted by molar-refractivity contribution is 7.09. The summed E-state index contributed by atoms with van der Waals surface area (Å²) in [5.41, 5.74) is 1.92. The zero-order valence-corrected chi connectivity index (χ0v) is 9.52. The minimum atomic E-state index is 0.779. The van der Waals surface area contributed by atoms with Crippen molar-refractivity contribution in [3.8, 4) is 0 Å². The lowest BCUT2D eigenvalue weighted by Crippen LogP contribution is -2.19. The van der Waals surface area contributed by atoms with E-state index < -0.39 is 0 Å². The lowest BCUT2D eigenvalue weighted by Gasteiger charge is -2.09. The molecule has 1 saturated carbocycles. The van der Waals surface area contributed by atoms with Gasteiger partial charge in [-0.25, -0.2) is 0 Å². The molecular formula is C11H18N2S. The van der Waals surface area contributed by atoms with Crippen molar-refractivity contribution in [2.24, 2.45) is 5.92 Å². The molecule has 1 aliphatic rings. The molecule has 1 fully saturated rings. The van der Waals surface area contributed by atoms with Gasteiger partial charge >= 0.3 is 0 Å². The fourth-order valence-corrected chi connectivity index (χ4v) is 2.37. The number of nitrogens with zero attached hydrogens (tertiary/aromatic N) is 1. The van der Waals surface area contributed by atoms with Crippen LogP contribution in [0.15, 0.2) is 11.7 Å². The van der Waals surface area contributed by atoms with E-state index in [1.165, 1.54) is 37.1 Å². The Morgan fingerprint density at radius 3 is 3.14 bits per heavy atom. The standard InChI is InChI=1S/C11H18N2S/c1-9(4-5-13-10-2-3-10)6-11-7-12-8-14-11/h7-10,13H,2-6H2,1H3. The first kappa shape index (κ1) is 10.1. The monoisotopic (exact) mass is 210 g/mol. The zero-order valence-electron chi connectivity index (χ0n) is 8.70. The van der Waals surface area contributed by atoms with E-state index in [2.05, 4.69) is 17.2 Å². The van der Waals surface area contributed by atoms with Crippen molar-refractivity contribution in [2.75, 3.05) is 6.54 Å². The molecule has 0 bridgehead atoms. The third kappa shape index (κ3) is 3.39. The van der Waals surface area contributed by atoms with Crippen molar-refractivity contribution in [3.63, 3.8) is 0 Å². The lowest BCUT2D eigenvalue weighted by atomic mass is 10.0. The molecule has 0 radical (unpaired) electrons. The normalized spacial score (nSPS) is 18.4. The molecule has 2 rings (SSSR count). The first-order valence-corrected chi connectivity index (χ1v) is 6.33. The van der Waals surface area contributed by atoms with Gasteiger partial charge in [-0.2, -0.15) is 0 Å². The van der Waals surface area contributed by atoms with Gasteiger partial charge in [0, 0.05) is 17.1 Å². The van der Waals surface area contributed by atoms with Gasteiger partial charge in [0.05, 0.1) is 5.51 Å². The Morgan fingerprint density at radius 1 is 1.64 bits per heavy atom. The molecular weight excluding hydrogens is 192 g/mol. The molecule has 0 amide bonds. The molecule has 1 heterocycles. The minimum absolute atomic E-state index is 0.779. The van der Waals surface area contributed by atoms with Gasteiger partial charge in [0.2, 0.25) is 0 Å². The second kappa shape index (κ2) is 4.89. The van der Waals surface area contributed by atoms with Crippen molar-refractivity contribution in [2.45, 2.75) is 38.6 Å². The SMILES string of the molecule is CC(CCNC1CC1)Cc1cncs1. The predicted octanol–water partition coefficient (Wildman–Crippen LogP) is 2.46. The molecule has 0 aliphatic heterocycles. The molecule has 2 nitrogen and oxygen atoms in total. The molecule has 0 saturated heterocycles. The van der Waals surface area contributed by atoms with E-state index in [0.29, 0.717) is 0 Å². The van der Waals surface area contributed by atoms with Crippen LogP contribution in [0.3, 0.4) is 0 Å². The van der Waals surface area contributed by atoms with Crippen molar-refractivity contribution < 1.29 is 0 Å². The highest BCUT2D eigenvalue weighted by Gasteiger charge is 2.19. The number of thiazole rings is 1. The van der Waals surface area contributed by atoms with E-state index in [0.717, 1.165) is 12.0 Å². The van der Waals surface area contributed by atoms with Crippen LogP contribution in [-0.2, 0) is 6.42 Å². The van der Waals surface area contributed by atoms with Crippen LogP contribution in [0.4, 0.5) is 0 Å². The summed E-state index contributed by atoms with van der Waals surface area (Å²) in [6.45, 7) is 3.51. The van der Waals surface area contributed by atoms with Crippen LogP contribution in [-0.4, -0.2) is 17.6 Å². The predicted molar refractivity (Wildman–Crippen MR) is 60.6 cm³/mol. The zero-order chi connectivity index (χ0) is 9.80. The summed E-state index contributed by atoms with van der Waals surface area (Å²) in [5, 5.41) is 3.55. The number of rotatable bonds is 6. The summed E-state index contributed by atoms with van der Waals surface area (Å²) in [4.78, 5) is 5.52. The number of hydrogen-bond acceptors (Lipinski definition) is 3. The van der Waals surface area contributed by atoms with E-state index in [9.17, 15) is 0 Å². The molecule has 14 heavy (non-hydrogen) atoms. The van der Waals surface area contributed by atoms with E-state index in [1.54, 1.807) is 11.3 Å². The molecule has 78 valence electrons. The average molecular weight is 210 g/mol. The summed E-state index contributed by atoms with van der Waals surface area (Å²) < 4.78 is 0. The largest absolute Gasteiger partial charge is 0.314 e.